The number of nitrogens with one attached hydrogen (secondary N) is 1. The number of hydrogen-bond acceptors (Lipinski definition) is 2. The van der Waals surface area contributed by atoms with Gasteiger partial charge in [-0.05, 0) is 37.5 Å². The maximum Gasteiger partial charge on any atom is 0.224 e. The SMILES string of the molecule is CC.CC(CCl)COc1ccc(CC(=O)NC2(C)CCCCC2)cc1. The summed E-state index contributed by atoms with van der Waals surface area (Å²) < 4.78 is 5.67. The number of alkyl halides is 1. The van der Waals surface area contributed by atoms with Crippen LogP contribution in [0.15, 0.2) is 24.3 Å². The van der Waals surface area contributed by atoms with Gasteiger partial charge in [-0.1, -0.05) is 52.2 Å². The fraction of sp³-hybridized carbons (Fsp3) is 0.667. The standard InChI is InChI=1S/C19H28ClNO2.C2H6/c1-15(13-20)14-23-17-8-6-16(7-9-17)12-18(22)21-19(2)10-4-3-5-11-19;1-2/h6-9,15H,3-5,10-14H2,1-2H3,(H,21,22);1-2H3. The number of ether oxygens (including phenoxy) is 1. The summed E-state index contributed by atoms with van der Waals surface area (Å²) in [5.74, 6) is 1.86. The van der Waals surface area contributed by atoms with Crippen LogP contribution >= 0.6 is 11.6 Å². The van der Waals surface area contributed by atoms with Gasteiger partial charge in [0.2, 0.25) is 5.91 Å². The largest absolute Gasteiger partial charge is 0.493 e. The Hall–Kier alpha value is -1.22. The predicted molar refractivity (Wildman–Crippen MR) is 107 cm³/mol. The number of hydrogen-bond donors (Lipinski definition) is 1. The summed E-state index contributed by atoms with van der Waals surface area (Å²) in [5.41, 5.74) is 0.996. The molecular formula is C21H34ClNO2. The quantitative estimate of drug-likeness (QED) is 0.660. The summed E-state index contributed by atoms with van der Waals surface area (Å²) in [4.78, 5) is 12.3. The number of carbonyl (C=O) groups excluding carboxylic acids is 1. The molecule has 1 aliphatic carbocycles. The summed E-state index contributed by atoms with van der Waals surface area (Å²) in [6.45, 7) is 8.83. The molecule has 25 heavy (non-hydrogen) atoms. The molecule has 1 atom stereocenters. The fourth-order valence-electron chi connectivity index (χ4n) is 3.01. The minimum Gasteiger partial charge on any atom is -0.493 e. The van der Waals surface area contributed by atoms with Crippen molar-refractivity contribution in [2.45, 2.75) is 71.8 Å². The molecule has 1 N–H and O–H groups in total. The van der Waals surface area contributed by atoms with Crippen LogP contribution in [-0.4, -0.2) is 23.9 Å². The minimum atomic E-state index is -0.0178. The monoisotopic (exact) mass is 367 g/mol. The molecule has 3 nitrogen and oxygen atoms in total. The normalized spacial score (nSPS) is 17.0. The molecule has 142 valence electrons. The van der Waals surface area contributed by atoms with Crippen LogP contribution in [0.4, 0.5) is 0 Å². The van der Waals surface area contributed by atoms with Crippen molar-refractivity contribution < 1.29 is 9.53 Å². The van der Waals surface area contributed by atoms with E-state index < -0.39 is 0 Å². The van der Waals surface area contributed by atoms with Crippen LogP contribution in [0.25, 0.3) is 0 Å². The van der Waals surface area contributed by atoms with E-state index in [2.05, 4.69) is 19.2 Å². The molecule has 1 aromatic rings. The molecule has 1 aliphatic rings. The molecule has 0 heterocycles. The Bertz CT molecular complexity index is 495. The highest BCUT2D eigenvalue weighted by Crippen LogP contribution is 2.27. The van der Waals surface area contributed by atoms with Crippen molar-refractivity contribution in [3.63, 3.8) is 0 Å². The average Bonchev–Trinajstić information content (AvgIpc) is 2.62. The zero-order valence-electron chi connectivity index (χ0n) is 16.2. The Kier molecular flexibility index (Phi) is 9.96. The van der Waals surface area contributed by atoms with Crippen LogP contribution in [0.5, 0.6) is 5.75 Å². The minimum absolute atomic E-state index is 0.0178. The highest BCUT2D eigenvalue weighted by Gasteiger charge is 2.28. The summed E-state index contributed by atoms with van der Waals surface area (Å²) in [6.07, 6.45) is 6.31. The van der Waals surface area contributed by atoms with Gasteiger partial charge in [-0.2, -0.15) is 0 Å². The number of benzene rings is 1. The Labute approximate surface area is 158 Å². The van der Waals surface area contributed by atoms with Crippen LogP contribution in [0.1, 0.15) is 65.4 Å². The molecular weight excluding hydrogens is 334 g/mol. The van der Waals surface area contributed by atoms with Gasteiger partial charge in [0.05, 0.1) is 13.0 Å². The molecule has 1 amide bonds. The van der Waals surface area contributed by atoms with E-state index in [1.807, 2.05) is 38.1 Å². The smallest absolute Gasteiger partial charge is 0.224 e. The van der Waals surface area contributed by atoms with Crippen molar-refractivity contribution >= 4 is 17.5 Å². The van der Waals surface area contributed by atoms with Gasteiger partial charge in [0, 0.05) is 17.3 Å². The molecule has 0 saturated heterocycles. The van der Waals surface area contributed by atoms with Gasteiger partial charge in [0.15, 0.2) is 0 Å². The maximum atomic E-state index is 12.3. The molecule has 0 bridgehead atoms. The third-order valence-electron chi connectivity index (χ3n) is 4.48. The first-order chi connectivity index (χ1) is 12.0. The second-order valence-corrected chi connectivity index (χ2v) is 7.37. The summed E-state index contributed by atoms with van der Waals surface area (Å²) in [7, 11) is 0. The van der Waals surface area contributed by atoms with E-state index in [9.17, 15) is 4.79 Å². The Balaban J connectivity index is 0.00000151. The zero-order chi connectivity index (χ0) is 18.7. The molecule has 1 saturated carbocycles. The predicted octanol–water partition coefficient (Wildman–Crippen LogP) is 5.35. The van der Waals surface area contributed by atoms with E-state index in [1.165, 1.54) is 19.3 Å². The Morgan fingerprint density at radius 2 is 1.80 bits per heavy atom. The fourth-order valence-corrected chi connectivity index (χ4v) is 3.10. The zero-order valence-corrected chi connectivity index (χ0v) is 17.0. The summed E-state index contributed by atoms with van der Waals surface area (Å²) >= 11 is 5.77. The van der Waals surface area contributed by atoms with E-state index in [1.54, 1.807) is 0 Å². The van der Waals surface area contributed by atoms with Gasteiger partial charge in [0.1, 0.15) is 5.75 Å². The van der Waals surface area contributed by atoms with E-state index >= 15 is 0 Å². The lowest BCUT2D eigenvalue weighted by Gasteiger charge is -2.34. The number of rotatable bonds is 7. The number of carbonyl (C=O) groups is 1. The van der Waals surface area contributed by atoms with E-state index in [0.29, 0.717) is 24.8 Å². The first kappa shape index (κ1) is 21.8. The lowest BCUT2D eigenvalue weighted by atomic mass is 9.83. The van der Waals surface area contributed by atoms with Gasteiger partial charge in [0.25, 0.3) is 0 Å². The second-order valence-electron chi connectivity index (χ2n) is 7.06. The highest BCUT2D eigenvalue weighted by atomic mass is 35.5. The van der Waals surface area contributed by atoms with Crippen molar-refractivity contribution in [3.05, 3.63) is 29.8 Å². The van der Waals surface area contributed by atoms with Crippen LogP contribution in [-0.2, 0) is 11.2 Å². The molecule has 4 heteroatoms. The molecule has 1 aromatic carbocycles. The van der Waals surface area contributed by atoms with Crippen molar-refractivity contribution in [1.82, 2.24) is 5.32 Å². The van der Waals surface area contributed by atoms with Crippen LogP contribution in [0.3, 0.4) is 0 Å². The average molecular weight is 368 g/mol. The second kappa shape index (κ2) is 11.4. The third kappa shape index (κ3) is 8.13. The molecule has 1 unspecified atom stereocenters. The topological polar surface area (TPSA) is 38.3 Å². The first-order valence-electron chi connectivity index (χ1n) is 9.59. The van der Waals surface area contributed by atoms with Gasteiger partial charge < -0.3 is 10.1 Å². The van der Waals surface area contributed by atoms with Crippen molar-refractivity contribution in [3.8, 4) is 5.75 Å². The Morgan fingerprint density at radius 3 is 2.36 bits per heavy atom. The van der Waals surface area contributed by atoms with Gasteiger partial charge in [-0.25, -0.2) is 0 Å². The Morgan fingerprint density at radius 1 is 1.20 bits per heavy atom. The molecule has 2 rings (SSSR count). The van der Waals surface area contributed by atoms with Crippen LogP contribution in [0.2, 0.25) is 0 Å². The number of halogens is 1. The molecule has 0 aromatic heterocycles. The maximum absolute atomic E-state index is 12.3. The first-order valence-corrected chi connectivity index (χ1v) is 10.1. The summed E-state index contributed by atoms with van der Waals surface area (Å²) in [6, 6.07) is 7.77. The lowest BCUT2D eigenvalue weighted by Crippen LogP contribution is -2.47. The van der Waals surface area contributed by atoms with Crippen molar-refractivity contribution in [1.29, 1.82) is 0 Å². The molecule has 0 aliphatic heterocycles. The third-order valence-corrected chi connectivity index (χ3v) is 5.01. The van der Waals surface area contributed by atoms with E-state index in [4.69, 9.17) is 16.3 Å². The van der Waals surface area contributed by atoms with Gasteiger partial charge in [-0.3, -0.25) is 4.79 Å². The summed E-state index contributed by atoms with van der Waals surface area (Å²) in [5, 5.41) is 3.22. The van der Waals surface area contributed by atoms with Crippen LogP contribution < -0.4 is 10.1 Å². The van der Waals surface area contributed by atoms with Gasteiger partial charge >= 0.3 is 0 Å². The highest BCUT2D eigenvalue weighted by molar-refractivity contribution is 6.18. The van der Waals surface area contributed by atoms with E-state index in [0.717, 1.165) is 24.2 Å². The molecule has 1 fully saturated rings. The van der Waals surface area contributed by atoms with E-state index in [-0.39, 0.29) is 11.4 Å². The lowest BCUT2D eigenvalue weighted by molar-refractivity contribution is -0.122. The van der Waals surface area contributed by atoms with Crippen molar-refractivity contribution in [2.24, 2.45) is 5.92 Å². The number of amides is 1. The van der Waals surface area contributed by atoms with Crippen LogP contribution in [0, 0.1) is 5.92 Å². The molecule has 0 radical (unpaired) electrons. The van der Waals surface area contributed by atoms with Gasteiger partial charge in [-0.15, -0.1) is 11.6 Å². The van der Waals surface area contributed by atoms with Crippen molar-refractivity contribution in [2.75, 3.05) is 12.5 Å². The molecule has 0 spiro atoms.